The molecule has 158 valence electrons. The number of benzene rings is 2. The van der Waals surface area contributed by atoms with Crippen LogP contribution in [0, 0.1) is 0 Å². The smallest absolute Gasteiger partial charge is 0.235 e. The summed E-state index contributed by atoms with van der Waals surface area (Å²) in [6, 6.07) is 14.8. The number of hydrogen-bond donors (Lipinski definition) is 1. The van der Waals surface area contributed by atoms with E-state index >= 15 is 0 Å². The Balaban J connectivity index is 1.81. The predicted octanol–water partition coefficient (Wildman–Crippen LogP) is 3.25. The molecular weight excluding hydrogens is 412 g/mol. The number of halogens is 1. The van der Waals surface area contributed by atoms with Gasteiger partial charge in [-0.2, -0.15) is 4.31 Å². The lowest BCUT2D eigenvalue weighted by Crippen LogP contribution is -2.41. The molecule has 0 fully saturated rings. The van der Waals surface area contributed by atoms with Crippen molar-refractivity contribution in [3.63, 3.8) is 0 Å². The van der Waals surface area contributed by atoms with Crippen molar-refractivity contribution in [2.45, 2.75) is 26.3 Å². The van der Waals surface area contributed by atoms with Crippen molar-refractivity contribution in [3.05, 3.63) is 64.7 Å². The van der Waals surface area contributed by atoms with Gasteiger partial charge in [0, 0.05) is 11.6 Å². The molecule has 0 spiro atoms. The molecule has 6 nitrogen and oxygen atoms in total. The Morgan fingerprint density at radius 2 is 1.83 bits per heavy atom. The molecule has 0 saturated heterocycles. The lowest BCUT2D eigenvalue weighted by molar-refractivity contribution is -0.121. The standard InChI is InChI=1S/C21H27ClN2O4S/c1-3-6-17-9-11-19(12-10-17)28-14-13-23-21(25)16-24(29(2,26)27)15-18-7-4-5-8-20(18)22/h4-5,7-12H,3,6,13-16H2,1-2H3,(H,23,25). The van der Waals surface area contributed by atoms with Crippen molar-refractivity contribution in [3.8, 4) is 5.75 Å². The molecule has 0 unspecified atom stereocenters. The zero-order valence-electron chi connectivity index (χ0n) is 16.7. The van der Waals surface area contributed by atoms with Crippen LogP contribution in [-0.2, 0) is 27.8 Å². The Labute approximate surface area is 177 Å². The molecule has 29 heavy (non-hydrogen) atoms. The normalized spacial score (nSPS) is 11.4. The van der Waals surface area contributed by atoms with Crippen LogP contribution in [-0.4, -0.2) is 44.6 Å². The number of sulfonamides is 1. The van der Waals surface area contributed by atoms with Gasteiger partial charge in [0.05, 0.1) is 19.3 Å². The fourth-order valence-electron chi connectivity index (χ4n) is 2.72. The van der Waals surface area contributed by atoms with Crippen molar-refractivity contribution in [1.82, 2.24) is 9.62 Å². The Hall–Kier alpha value is -2.09. The molecule has 0 saturated carbocycles. The number of ether oxygens (including phenoxy) is 1. The van der Waals surface area contributed by atoms with Crippen LogP contribution in [0.2, 0.25) is 5.02 Å². The summed E-state index contributed by atoms with van der Waals surface area (Å²) < 4.78 is 30.8. The van der Waals surface area contributed by atoms with Crippen molar-refractivity contribution >= 4 is 27.5 Å². The van der Waals surface area contributed by atoms with E-state index in [0.29, 0.717) is 17.2 Å². The largest absolute Gasteiger partial charge is 0.492 e. The zero-order valence-corrected chi connectivity index (χ0v) is 18.3. The molecule has 1 amide bonds. The topological polar surface area (TPSA) is 75.7 Å². The second-order valence-corrected chi connectivity index (χ2v) is 9.10. The highest BCUT2D eigenvalue weighted by atomic mass is 35.5. The summed E-state index contributed by atoms with van der Waals surface area (Å²) in [6.45, 7) is 2.45. The lowest BCUT2D eigenvalue weighted by atomic mass is 10.1. The average molecular weight is 439 g/mol. The summed E-state index contributed by atoms with van der Waals surface area (Å²) in [6.07, 6.45) is 3.19. The van der Waals surface area contributed by atoms with E-state index < -0.39 is 15.9 Å². The summed E-state index contributed by atoms with van der Waals surface area (Å²) in [5, 5.41) is 3.14. The first-order valence-electron chi connectivity index (χ1n) is 9.46. The Morgan fingerprint density at radius 1 is 1.14 bits per heavy atom. The van der Waals surface area contributed by atoms with Gasteiger partial charge >= 0.3 is 0 Å². The van der Waals surface area contributed by atoms with Gasteiger partial charge in [-0.25, -0.2) is 8.42 Å². The van der Waals surface area contributed by atoms with Crippen LogP contribution < -0.4 is 10.1 Å². The van der Waals surface area contributed by atoms with Gasteiger partial charge in [-0.3, -0.25) is 4.79 Å². The highest BCUT2D eigenvalue weighted by Crippen LogP contribution is 2.18. The maximum absolute atomic E-state index is 12.2. The molecule has 0 aliphatic carbocycles. The van der Waals surface area contributed by atoms with Gasteiger partial charge in [-0.15, -0.1) is 0 Å². The number of nitrogens with one attached hydrogen (secondary N) is 1. The number of hydrogen-bond acceptors (Lipinski definition) is 4. The molecule has 0 bridgehead atoms. The molecule has 2 rings (SSSR count). The third-order valence-electron chi connectivity index (χ3n) is 4.25. The van der Waals surface area contributed by atoms with Crippen LogP contribution in [0.15, 0.2) is 48.5 Å². The van der Waals surface area contributed by atoms with Crippen LogP contribution in [0.5, 0.6) is 5.75 Å². The Kier molecular flexibility index (Phi) is 8.95. The molecule has 0 radical (unpaired) electrons. The number of rotatable bonds is 11. The molecule has 0 aromatic heterocycles. The van der Waals surface area contributed by atoms with Crippen molar-refractivity contribution in [1.29, 1.82) is 0 Å². The first-order valence-corrected chi connectivity index (χ1v) is 11.7. The second-order valence-electron chi connectivity index (χ2n) is 6.71. The first-order chi connectivity index (χ1) is 13.8. The van der Waals surface area contributed by atoms with Crippen LogP contribution in [0.3, 0.4) is 0 Å². The minimum atomic E-state index is -3.57. The molecule has 0 heterocycles. The number of nitrogens with zero attached hydrogens (tertiary/aromatic N) is 1. The fraction of sp³-hybridized carbons (Fsp3) is 0.381. The van der Waals surface area contributed by atoms with E-state index in [1.54, 1.807) is 24.3 Å². The number of aryl methyl sites for hydroxylation is 1. The van der Waals surface area contributed by atoms with Crippen molar-refractivity contribution in [2.75, 3.05) is 26.0 Å². The van der Waals surface area contributed by atoms with E-state index in [1.165, 1.54) is 5.56 Å². The predicted molar refractivity (Wildman–Crippen MR) is 116 cm³/mol. The zero-order chi connectivity index (χ0) is 21.3. The van der Waals surface area contributed by atoms with Gasteiger partial charge in [0.25, 0.3) is 0 Å². The number of carbonyl (C=O) groups excluding carboxylic acids is 1. The van der Waals surface area contributed by atoms with Gasteiger partial charge in [0.15, 0.2) is 0 Å². The average Bonchev–Trinajstić information content (AvgIpc) is 2.67. The van der Waals surface area contributed by atoms with E-state index in [1.807, 2.05) is 24.3 Å². The van der Waals surface area contributed by atoms with E-state index in [9.17, 15) is 13.2 Å². The monoisotopic (exact) mass is 438 g/mol. The maximum atomic E-state index is 12.2. The van der Waals surface area contributed by atoms with E-state index in [2.05, 4.69) is 12.2 Å². The quantitative estimate of drug-likeness (QED) is 0.546. The lowest BCUT2D eigenvalue weighted by Gasteiger charge is -2.20. The van der Waals surface area contributed by atoms with Gasteiger partial charge in [-0.05, 0) is 35.7 Å². The Bertz CT molecular complexity index is 901. The van der Waals surface area contributed by atoms with E-state index in [0.717, 1.165) is 29.2 Å². The van der Waals surface area contributed by atoms with Gasteiger partial charge in [0.2, 0.25) is 15.9 Å². The molecular formula is C21H27ClN2O4S. The third kappa shape index (κ3) is 8.04. The van der Waals surface area contributed by atoms with Gasteiger partial charge in [0.1, 0.15) is 12.4 Å². The third-order valence-corrected chi connectivity index (χ3v) is 5.81. The van der Waals surface area contributed by atoms with E-state index in [4.69, 9.17) is 16.3 Å². The molecule has 0 atom stereocenters. The molecule has 0 aliphatic rings. The molecule has 1 N–H and O–H groups in total. The first kappa shape index (κ1) is 23.2. The van der Waals surface area contributed by atoms with Crippen LogP contribution in [0.25, 0.3) is 0 Å². The Morgan fingerprint density at radius 3 is 2.45 bits per heavy atom. The SMILES string of the molecule is CCCc1ccc(OCCNC(=O)CN(Cc2ccccc2Cl)S(C)(=O)=O)cc1. The second kappa shape index (κ2) is 11.2. The number of carbonyl (C=O) groups is 1. The number of amides is 1. The summed E-state index contributed by atoms with van der Waals surface area (Å²) in [7, 11) is -3.57. The highest BCUT2D eigenvalue weighted by molar-refractivity contribution is 7.88. The highest BCUT2D eigenvalue weighted by Gasteiger charge is 2.21. The minimum Gasteiger partial charge on any atom is -0.492 e. The van der Waals surface area contributed by atoms with Crippen LogP contribution in [0.4, 0.5) is 0 Å². The summed E-state index contributed by atoms with van der Waals surface area (Å²) in [5.74, 6) is 0.333. The summed E-state index contributed by atoms with van der Waals surface area (Å²) >= 11 is 6.10. The molecule has 2 aromatic carbocycles. The molecule has 0 aliphatic heterocycles. The van der Waals surface area contributed by atoms with Gasteiger partial charge in [-0.1, -0.05) is 55.3 Å². The van der Waals surface area contributed by atoms with E-state index in [-0.39, 0.29) is 19.6 Å². The maximum Gasteiger partial charge on any atom is 0.235 e. The van der Waals surface area contributed by atoms with Crippen LogP contribution in [0.1, 0.15) is 24.5 Å². The van der Waals surface area contributed by atoms with Gasteiger partial charge < -0.3 is 10.1 Å². The fourth-order valence-corrected chi connectivity index (χ4v) is 3.64. The van der Waals surface area contributed by atoms with Crippen molar-refractivity contribution < 1.29 is 17.9 Å². The summed E-state index contributed by atoms with van der Waals surface area (Å²) in [4.78, 5) is 12.2. The van der Waals surface area contributed by atoms with Crippen LogP contribution >= 0.6 is 11.6 Å². The molecule has 2 aromatic rings. The van der Waals surface area contributed by atoms with Crippen molar-refractivity contribution in [2.24, 2.45) is 0 Å². The molecule has 8 heteroatoms. The minimum absolute atomic E-state index is 0.0343. The summed E-state index contributed by atoms with van der Waals surface area (Å²) in [5.41, 5.74) is 1.90.